The van der Waals surface area contributed by atoms with Crippen molar-refractivity contribution in [2.45, 2.75) is 166 Å². The van der Waals surface area contributed by atoms with Crippen molar-refractivity contribution in [3.63, 3.8) is 0 Å². The summed E-state index contributed by atoms with van der Waals surface area (Å²) in [6, 6.07) is 21.3. The molecule has 2 nitrogen and oxygen atoms in total. The van der Waals surface area contributed by atoms with Crippen molar-refractivity contribution in [3.05, 3.63) is 126 Å². The summed E-state index contributed by atoms with van der Waals surface area (Å²) in [4.78, 5) is 5.12. The molecular formula is C52H75Cl2N2PRu. The van der Waals surface area contributed by atoms with Crippen molar-refractivity contribution in [3.8, 4) is 0 Å². The third-order valence-electron chi connectivity index (χ3n) is 13.8. The van der Waals surface area contributed by atoms with Crippen LogP contribution in [0.5, 0.6) is 0 Å². The molecule has 58 heavy (non-hydrogen) atoms. The average molecular weight is 931 g/mol. The van der Waals surface area contributed by atoms with Crippen LogP contribution < -0.4 is 0 Å². The fraction of sp³-hybridized carbons (Fsp3) is 0.577. The van der Waals surface area contributed by atoms with Gasteiger partial charge in [-0.25, -0.2) is 0 Å². The molecule has 2 aromatic carbocycles. The van der Waals surface area contributed by atoms with Crippen molar-refractivity contribution >= 4 is 31.9 Å². The summed E-state index contributed by atoms with van der Waals surface area (Å²) in [6.07, 6.45) is 38.8. The fourth-order valence-electron chi connectivity index (χ4n) is 10.9. The monoisotopic (exact) mass is 930 g/mol. The van der Waals surface area contributed by atoms with Crippen LogP contribution in [0.1, 0.15) is 160 Å². The van der Waals surface area contributed by atoms with Crippen LogP contribution in [0.2, 0.25) is 0 Å². The van der Waals surface area contributed by atoms with Crippen LogP contribution in [0.15, 0.2) is 108 Å². The van der Waals surface area contributed by atoms with Crippen molar-refractivity contribution in [2.75, 3.05) is 6.54 Å². The summed E-state index contributed by atoms with van der Waals surface area (Å²) in [5.74, 6) is 1.76. The third-order valence-corrected chi connectivity index (χ3v) is 20.2. The summed E-state index contributed by atoms with van der Waals surface area (Å²) in [7, 11) is 11.3. The van der Waals surface area contributed by atoms with E-state index in [9.17, 15) is 0 Å². The molecule has 3 saturated carbocycles. The van der Waals surface area contributed by atoms with Gasteiger partial charge in [-0.1, -0.05) is 102 Å². The van der Waals surface area contributed by atoms with E-state index in [1.54, 1.807) is 96.3 Å². The van der Waals surface area contributed by atoms with E-state index in [1.807, 2.05) is 34.9 Å². The number of hydrogen-bond acceptors (Lipinski definition) is 2. The summed E-state index contributed by atoms with van der Waals surface area (Å²) in [6.45, 7) is 12.8. The molecule has 0 radical (unpaired) electrons. The molecular weight excluding hydrogens is 856 g/mol. The standard InChI is InChI=1S/C27H35N2.C18H33P.C7H6.2ClH.Ru/c1-20(2)23-14-8-10-16-25(23)28-18-27(22-12-6-5-7-13-22)29(19-28)26-17-11-9-15-24(26)21(3)4;1-4-10-16(11-5-1)19(17-12-6-2-7-13-17)18-14-8-3-9-15-18;1-7-5-3-2-4-6-7;;;/h5-9,11-14,17,19-21,24,27H,10,15-16,18H2,1-4H3;16-18H,1-15H2;1-6H;2*1H;/q-1;;;;;+2/p-1/t24?,27-;;;;;/m0...../s1. The zero-order valence-electron chi connectivity index (χ0n) is 36.3. The molecule has 2 atom stereocenters. The first-order valence-corrected chi connectivity index (χ1v) is 30.5. The molecule has 0 bridgehead atoms. The number of allylic oxidation sites excluding steroid dienone is 8. The second kappa shape index (κ2) is 24.2. The Morgan fingerprint density at radius 1 is 0.724 bits per heavy atom. The Morgan fingerprint density at radius 2 is 1.28 bits per heavy atom. The Hall–Kier alpha value is -1.50. The molecule has 0 aromatic heterocycles. The van der Waals surface area contributed by atoms with E-state index in [2.05, 4.69) is 105 Å². The predicted octanol–water partition coefficient (Wildman–Crippen LogP) is 15.8. The Labute approximate surface area is 369 Å². The van der Waals surface area contributed by atoms with Crippen molar-refractivity contribution in [1.82, 2.24) is 9.80 Å². The topological polar surface area (TPSA) is 6.48 Å². The molecule has 6 aliphatic rings. The predicted molar refractivity (Wildman–Crippen MR) is 255 cm³/mol. The van der Waals surface area contributed by atoms with E-state index in [0.29, 0.717) is 23.8 Å². The number of nitrogens with zero attached hydrogens (tertiary/aromatic N) is 2. The van der Waals surface area contributed by atoms with Crippen molar-refractivity contribution < 1.29 is 13.5 Å². The van der Waals surface area contributed by atoms with Gasteiger partial charge in [0.25, 0.3) is 0 Å². The first-order valence-electron chi connectivity index (χ1n) is 23.3. The number of hydrogen-bond donors (Lipinski definition) is 0. The average Bonchev–Trinajstić information content (AvgIpc) is 3.71. The molecule has 0 N–H and O–H groups in total. The van der Waals surface area contributed by atoms with E-state index >= 15 is 0 Å². The Morgan fingerprint density at radius 3 is 1.79 bits per heavy atom. The van der Waals surface area contributed by atoms with Gasteiger partial charge in [0.1, 0.15) is 0 Å². The van der Waals surface area contributed by atoms with Crippen molar-refractivity contribution in [2.24, 2.45) is 17.8 Å². The van der Waals surface area contributed by atoms with E-state index in [1.165, 1.54) is 39.5 Å². The van der Waals surface area contributed by atoms with Gasteiger partial charge in [-0.2, -0.15) is 6.67 Å². The van der Waals surface area contributed by atoms with Gasteiger partial charge in [-0.15, -0.1) is 0 Å². The first kappa shape index (κ1) is 46.0. The maximum absolute atomic E-state index is 5.67. The quantitative estimate of drug-likeness (QED) is 0.140. The van der Waals surface area contributed by atoms with E-state index in [-0.39, 0.29) is 7.92 Å². The van der Waals surface area contributed by atoms with Crippen LogP contribution in [-0.4, -0.2) is 37.9 Å². The fourth-order valence-corrected chi connectivity index (χ4v) is 17.9. The number of benzene rings is 2. The molecule has 6 heteroatoms. The normalized spacial score (nSPS) is 23.7. The molecule has 1 aliphatic heterocycles. The van der Waals surface area contributed by atoms with Gasteiger partial charge in [0.05, 0.1) is 17.0 Å². The Balaban J connectivity index is 0.000000167. The van der Waals surface area contributed by atoms with Crippen LogP contribution in [0.3, 0.4) is 0 Å². The van der Waals surface area contributed by atoms with Gasteiger partial charge in [0.2, 0.25) is 0 Å². The summed E-state index contributed by atoms with van der Waals surface area (Å²) in [5.41, 5.74) is 10.7. The number of halogens is 2. The second-order valence-corrected chi connectivity index (χ2v) is 27.6. The van der Waals surface area contributed by atoms with Crippen LogP contribution in [0.4, 0.5) is 0 Å². The van der Waals surface area contributed by atoms with Crippen molar-refractivity contribution in [1.29, 1.82) is 0 Å². The van der Waals surface area contributed by atoms with Crippen LogP contribution in [0, 0.1) is 24.4 Å². The number of rotatable bonds is 9. The zero-order valence-corrected chi connectivity index (χ0v) is 40.5. The van der Waals surface area contributed by atoms with Crippen LogP contribution >= 0.6 is 27.3 Å². The molecule has 8 rings (SSSR count). The second-order valence-electron chi connectivity index (χ2n) is 18.4. The van der Waals surface area contributed by atoms with E-state index < -0.39 is 13.5 Å². The van der Waals surface area contributed by atoms with Gasteiger partial charge in [-0.3, -0.25) is 0 Å². The molecule has 0 spiro atoms. The zero-order chi connectivity index (χ0) is 40.7. The van der Waals surface area contributed by atoms with Crippen LogP contribution in [0.25, 0.3) is 0 Å². The maximum atomic E-state index is 5.67. The molecule has 320 valence electrons. The van der Waals surface area contributed by atoms with Gasteiger partial charge in [0, 0.05) is 26.4 Å². The summed E-state index contributed by atoms with van der Waals surface area (Å²) < 4.78 is 1.92. The minimum absolute atomic E-state index is 0.0465. The van der Waals surface area contributed by atoms with Crippen LogP contribution in [-0.2, 0) is 13.5 Å². The van der Waals surface area contributed by atoms with E-state index in [4.69, 9.17) is 19.4 Å². The summed E-state index contributed by atoms with van der Waals surface area (Å²) in [5, 5.41) is 0. The van der Waals surface area contributed by atoms with Gasteiger partial charge in [-0.05, 0) is 137 Å². The summed E-state index contributed by atoms with van der Waals surface area (Å²) >= 11 is -1.61. The molecule has 0 amide bonds. The van der Waals surface area contributed by atoms with Gasteiger partial charge in [0.15, 0.2) is 0 Å². The first-order chi connectivity index (χ1) is 28.3. The molecule has 1 saturated heterocycles. The molecule has 5 aliphatic carbocycles. The SMILES string of the molecule is C1CCC([PH+](C2CCCCC2)C2CCCCC2)CC1.CC(C)C1=C(N2[CH-]N(C3=CC=CCC3C(C)C)[C@H](c3ccccc3)C2)CCC=C1.[Cl][Ru]([Cl])=[CH]c1ccccc1. The van der Waals surface area contributed by atoms with Gasteiger partial charge < -0.3 is 9.80 Å². The third kappa shape index (κ3) is 13.3. The molecule has 2 aromatic rings. The van der Waals surface area contributed by atoms with Gasteiger partial charge >= 0.3 is 73.4 Å². The minimum atomic E-state index is -1.61. The molecule has 1 unspecified atom stereocenters. The molecule has 1 heterocycles. The molecule has 4 fully saturated rings. The Bertz CT molecular complexity index is 1620. The van der Waals surface area contributed by atoms with E-state index in [0.717, 1.165) is 31.4 Å². The Kier molecular flexibility index (Phi) is 19.2.